The van der Waals surface area contributed by atoms with E-state index in [4.69, 9.17) is 28.1 Å². The van der Waals surface area contributed by atoms with Gasteiger partial charge < -0.3 is 33.2 Å². The van der Waals surface area contributed by atoms with Gasteiger partial charge in [-0.15, -0.1) is 0 Å². The van der Waals surface area contributed by atoms with Crippen molar-refractivity contribution >= 4 is 31.3 Å². The quantitative estimate of drug-likeness (QED) is 0.269. The number of nitrogens with one attached hydrogen (secondary N) is 2. The summed E-state index contributed by atoms with van der Waals surface area (Å²) >= 11 is 0. The molecule has 12 nitrogen and oxygen atoms in total. The number of hydrogen-bond donors (Lipinski definition) is 3. The van der Waals surface area contributed by atoms with E-state index in [1.165, 1.54) is 24.4 Å². The number of hydrogen-bond acceptors (Lipinski definition) is 10. The van der Waals surface area contributed by atoms with Crippen LogP contribution in [0.4, 0.5) is 13.6 Å². The largest absolute Gasteiger partial charge is 0.497 e. The molecule has 1 aromatic heterocycles. The first-order chi connectivity index (χ1) is 23.4. The summed E-state index contributed by atoms with van der Waals surface area (Å²) in [6.07, 6.45) is 0.122. The number of hydrazine groups is 1. The lowest BCUT2D eigenvalue weighted by Crippen LogP contribution is -2.47. The van der Waals surface area contributed by atoms with E-state index >= 15 is 8.78 Å². The Morgan fingerprint density at radius 1 is 0.920 bits per heavy atom. The van der Waals surface area contributed by atoms with Crippen LogP contribution in [-0.4, -0.2) is 76.6 Å². The molecule has 3 aliphatic heterocycles. The van der Waals surface area contributed by atoms with E-state index in [2.05, 4.69) is 22.8 Å². The maximum atomic E-state index is 15.4. The Morgan fingerprint density at radius 3 is 2.02 bits per heavy atom. The molecule has 0 saturated carbocycles. The molecule has 4 heterocycles. The molecule has 0 spiro atoms. The fourth-order valence-corrected chi connectivity index (χ4v) is 6.10. The number of rotatable bonds is 10. The van der Waals surface area contributed by atoms with Crippen molar-refractivity contribution in [3.05, 3.63) is 65.7 Å². The number of benzene rings is 2. The molecule has 0 radical (unpaired) electrons. The lowest BCUT2D eigenvalue weighted by Gasteiger charge is -2.36. The molecule has 2 aromatic carbocycles. The van der Waals surface area contributed by atoms with E-state index in [0.29, 0.717) is 18.3 Å². The van der Waals surface area contributed by atoms with Crippen LogP contribution >= 0.6 is 0 Å². The molecule has 16 heteroatoms. The third-order valence-electron chi connectivity index (χ3n) is 10.6. The molecular formula is C34H44B2F2N4O8. The van der Waals surface area contributed by atoms with Gasteiger partial charge in [0.2, 0.25) is 0 Å². The molecule has 0 aliphatic carbocycles. The van der Waals surface area contributed by atoms with Crippen LogP contribution in [0.25, 0.3) is 0 Å². The first-order valence-electron chi connectivity index (χ1n) is 16.7. The monoisotopic (exact) mass is 696 g/mol. The highest BCUT2D eigenvalue weighted by Gasteiger charge is 2.56. The second-order valence-electron chi connectivity index (χ2n) is 14.9. The molecule has 3 unspecified atom stereocenters. The predicted molar refractivity (Wildman–Crippen MR) is 182 cm³/mol. The molecule has 3 fully saturated rings. The summed E-state index contributed by atoms with van der Waals surface area (Å²) in [5.41, 5.74) is 3.54. The van der Waals surface area contributed by atoms with Crippen LogP contribution in [0.15, 0.2) is 42.6 Å². The van der Waals surface area contributed by atoms with Crippen molar-refractivity contribution < 1.29 is 46.8 Å². The van der Waals surface area contributed by atoms with E-state index in [9.17, 15) is 9.90 Å². The second-order valence-corrected chi connectivity index (χ2v) is 14.9. The molecule has 3 N–H and O–H groups in total. The summed E-state index contributed by atoms with van der Waals surface area (Å²) in [6.45, 7) is 16.0. The zero-order valence-corrected chi connectivity index (χ0v) is 29.6. The Morgan fingerprint density at radius 2 is 1.48 bits per heavy atom. The molecule has 3 aliphatic rings. The Labute approximate surface area is 291 Å². The number of imidazole rings is 1. The standard InChI is InChI=1S/C34H44B2F2N4O8/c1-20-16-40-41-28(20)19-46-23-10-12-25(27(38)14-23)36-49-33(6,7)34(8,50-36)15-29-39-17-21(42(29)30(43)44)18-45-22-9-11-24(26(37)13-22)35-47-31(2,3)32(4,5)48-35/h9-14,17,20,28,40-41H,15-16,18-19H2,1-8H3,(H,43,44). The van der Waals surface area contributed by atoms with Gasteiger partial charge in [-0.3, -0.25) is 10.9 Å². The van der Waals surface area contributed by atoms with Crippen LogP contribution in [-0.2, 0) is 31.6 Å². The lowest BCUT2D eigenvalue weighted by molar-refractivity contribution is -0.0106. The average molecular weight is 696 g/mol. The minimum absolute atomic E-state index is 0.0175. The van der Waals surface area contributed by atoms with Crippen LogP contribution in [0.5, 0.6) is 11.5 Å². The van der Waals surface area contributed by atoms with E-state index in [1.807, 2.05) is 27.7 Å². The van der Waals surface area contributed by atoms with Crippen LogP contribution in [0, 0.1) is 17.6 Å². The van der Waals surface area contributed by atoms with Crippen molar-refractivity contribution in [2.45, 2.75) is 96.9 Å². The number of ether oxygens (including phenoxy) is 2. The van der Waals surface area contributed by atoms with Crippen LogP contribution in [0.2, 0.25) is 0 Å². The van der Waals surface area contributed by atoms with Crippen molar-refractivity contribution in [1.82, 2.24) is 20.4 Å². The highest BCUT2D eigenvalue weighted by atomic mass is 19.1. The van der Waals surface area contributed by atoms with Gasteiger partial charge >= 0.3 is 20.3 Å². The first-order valence-corrected chi connectivity index (χ1v) is 16.7. The first kappa shape index (κ1) is 36.3. The highest BCUT2D eigenvalue weighted by molar-refractivity contribution is 6.62. The van der Waals surface area contributed by atoms with Gasteiger partial charge in [0.05, 0.1) is 40.3 Å². The van der Waals surface area contributed by atoms with Crippen LogP contribution in [0.3, 0.4) is 0 Å². The van der Waals surface area contributed by atoms with Gasteiger partial charge in [-0.1, -0.05) is 19.1 Å². The van der Waals surface area contributed by atoms with Crippen molar-refractivity contribution in [3.8, 4) is 11.5 Å². The zero-order valence-electron chi connectivity index (χ0n) is 29.6. The Bertz CT molecular complexity index is 1740. The number of carboxylic acid groups (broad SMARTS) is 1. The molecule has 0 amide bonds. The van der Waals surface area contributed by atoms with E-state index in [0.717, 1.165) is 11.1 Å². The molecule has 3 aromatic rings. The van der Waals surface area contributed by atoms with Gasteiger partial charge in [-0.05, 0) is 66.5 Å². The number of nitrogens with zero attached hydrogens (tertiary/aromatic N) is 2. The molecular weight excluding hydrogens is 652 g/mol. The molecule has 0 bridgehead atoms. The summed E-state index contributed by atoms with van der Waals surface area (Å²) in [6, 6.07) is 8.95. The normalized spacial score (nSPS) is 25.3. The average Bonchev–Trinajstić information content (AvgIpc) is 3.73. The lowest BCUT2D eigenvalue weighted by atomic mass is 9.78. The summed E-state index contributed by atoms with van der Waals surface area (Å²) in [5, 5.41) is 10.2. The van der Waals surface area contributed by atoms with Crippen LogP contribution in [0.1, 0.15) is 66.9 Å². The minimum Gasteiger partial charge on any atom is -0.492 e. The SMILES string of the molecule is CC1CNNC1COc1ccc(B2OC(C)(C)C(C)(Cc3ncc(COc4ccc(B5OC(C)(C)C(C)(C)O5)c(F)c4)n3C(=O)O)O2)c(F)c1. The smallest absolute Gasteiger partial charge is 0.492 e. The molecule has 50 heavy (non-hydrogen) atoms. The molecule has 3 atom stereocenters. The van der Waals surface area contributed by atoms with Gasteiger partial charge in [0.25, 0.3) is 0 Å². The summed E-state index contributed by atoms with van der Waals surface area (Å²) in [4.78, 5) is 16.8. The maximum absolute atomic E-state index is 15.4. The van der Waals surface area contributed by atoms with Gasteiger partial charge in [0, 0.05) is 36.0 Å². The number of halogens is 2. The third kappa shape index (κ3) is 6.89. The Kier molecular flexibility index (Phi) is 9.59. The molecule has 268 valence electrons. The maximum Gasteiger partial charge on any atom is 0.497 e. The van der Waals surface area contributed by atoms with E-state index < -0.39 is 54.4 Å². The van der Waals surface area contributed by atoms with Gasteiger partial charge in [0.15, 0.2) is 0 Å². The van der Waals surface area contributed by atoms with Crippen molar-refractivity contribution in [1.29, 1.82) is 0 Å². The van der Waals surface area contributed by atoms with E-state index in [-0.39, 0.29) is 47.3 Å². The Balaban J connectivity index is 1.12. The van der Waals surface area contributed by atoms with Crippen molar-refractivity contribution in [2.75, 3.05) is 13.2 Å². The third-order valence-corrected chi connectivity index (χ3v) is 10.6. The van der Waals surface area contributed by atoms with Crippen LogP contribution < -0.4 is 31.3 Å². The van der Waals surface area contributed by atoms with Crippen molar-refractivity contribution in [2.24, 2.45) is 5.92 Å². The zero-order chi connectivity index (χ0) is 36.2. The topological polar surface area (TPSA) is 135 Å². The minimum atomic E-state index is -1.28. The van der Waals surface area contributed by atoms with Gasteiger partial charge in [-0.2, -0.15) is 0 Å². The Hall–Kier alpha value is -3.53. The highest BCUT2D eigenvalue weighted by Crippen LogP contribution is 2.40. The van der Waals surface area contributed by atoms with E-state index in [1.54, 1.807) is 39.0 Å². The number of aromatic nitrogens is 2. The summed E-state index contributed by atoms with van der Waals surface area (Å²) in [5.74, 6) is -0.0173. The summed E-state index contributed by atoms with van der Waals surface area (Å²) < 4.78 is 67.7. The van der Waals surface area contributed by atoms with Gasteiger partial charge in [-0.25, -0.2) is 23.1 Å². The fourth-order valence-electron chi connectivity index (χ4n) is 6.10. The fraction of sp³-hybridized carbons (Fsp3) is 0.529. The molecule has 6 rings (SSSR count). The second kappa shape index (κ2) is 13.2. The molecule has 3 saturated heterocycles. The predicted octanol–water partition coefficient (Wildman–Crippen LogP) is 3.58. The van der Waals surface area contributed by atoms with Gasteiger partial charge in [0.1, 0.15) is 42.2 Å². The van der Waals surface area contributed by atoms with Crippen molar-refractivity contribution in [3.63, 3.8) is 0 Å². The summed E-state index contributed by atoms with van der Waals surface area (Å²) in [7, 11) is -1.94. The number of carbonyl (C=O) groups is 1.